The van der Waals surface area contributed by atoms with Gasteiger partial charge in [-0.2, -0.15) is 0 Å². The average Bonchev–Trinajstić information content (AvgIpc) is 2.78. The van der Waals surface area contributed by atoms with E-state index < -0.39 is 56.1 Å². The molecule has 5 N–H and O–H groups in total. The molecule has 12 heteroatoms. The molecule has 10 nitrogen and oxygen atoms in total. The van der Waals surface area contributed by atoms with Crippen LogP contribution in [0.3, 0.4) is 0 Å². The van der Waals surface area contributed by atoms with Crippen molar-refractivity contribution in [2.24, 2.45) is 0 Å². The minimum atomic E-state index is -2.08. The van der Waals surface area contributed by atoms with Crippen LogP contribution in [0.25, 0.3) is 20.2 Å². The average molecular weight is 498 g/mol. The van der Waals surface area contributed by atoms with Gasteiger partial charge in [-0.15, -0.1) is 0 Å². The van der Waals surface area contributed by atoms with Crippen LogP contribution in [0.5, 0.6) is 10.1 Å². The molecular weight excluding hydrogens is 484 g/mol. The largest absolute Gasteiger partial charge is 0.499 e. The maximum atomic E-state index is 12.7. The summed E-state index contributed by atoms with van der Waals surface area (Å²) < 4.78 is 0.835. The highest BCUT2D eigenvalue weighted by Crippen LogP contribution is 2.28. The van der Waals surface area contributed by atoms with Gasteiger partial charge in [-0.25, -0.2) is 4.79 Å². The third-order valence-corrected chi connectivity index (χ3v) is 6.76. The second kappa shape index (κ2) is 8.92. The molecule has 2 aromatic carbocycles. The van der Waals surface area contributed by atoms with E-state index >= 15 is 0 Å². The molecule has 0 unspecified atom stereocenters. The predicted molar refractivity (Wildman–Crippen MR) is 126 cm³/mol. The van der Waals surface area contributed by atoms with Crippen LogP contribution in [0.4, 0.5) is 0 Å². The summed E-state index contributed by atoms with van der Waals surface area (Å²) in [5.41, 5.74) is -3.03. The fraction of sp³-hybridized carbons (Fsp3) is 0.0455. The molecule has 4 aromatic rings. The lowest BCUT2D eigenvalue weighted by Crippen LogP contribution is -2.53. The Morgan fingerprint density at radius 1 is 0.706 bits per heavy atom. The highest BCUT2D eigenvalue weighted by molar-refractivity contribution is 7.20. The van der Waals surface area contributed by atoms with Gasteiger partial charge < -0.3 is 26.0 Å². The van der Waals surface area contributed by atoms with Crippen molar-refractivity contribution in [3.63, 3.8) is 0 Å². The quantitative estimate of drug-likeness (QED) is 0.259. The van der Waals surface area contributed by atoms with Crippen LogP contribution in [0, 0.1) is 0 Å². The van der Waals surface area contributed by atoms with Crippen LogP contribution >= 0.6 is 22.7 Å². The molecule has 0 saturated heterocycles. The third-order valence-electron chi connectivity index (χ3n) is 4.81. The number of hydrogen-bond donors (Lipinski definition) is 5. The van der Waals surface area contributed by atoms with Gasteiger partial charge in [0.1, 0.15) is 11.1 Å². The third kappa shape index (κ3) is 4.07. The zero-order valence-electron chi connectivity index (χ0n) is 16.9. The first-order valence-corrected chi connectivity index (χ1v) is 11.2. The zero-order valence-corrected chi connectivity index (χ0v) is 18.5. The molecule has 0 saturated carbocycles. The van der Waals surface area contributed by atoms with Crippen molar-refractivity contribution in [3.8, 4) is 10.1 Å². The Balaban J connectivity index is 1.65. The number of carbonyl (C=O) groups excluding carboxylic acids is 2. The number of aliphatic carboxylic acids is 1. The molecule has 172 valence electrons. The maximum absolute atomic E-state index is 12.7. The number of rotatable bonds is 5. The van der Waals surface area contributed by atoms with Gasteiger partial charge in [0.15, 0.2) is 10.1 Å². The van der Waals surface area contributed by atoms with Crippen LogP contribution in [-0.4, -0.2) is 39.3 Å². The summed E-state index contributed by atoms with van der Waals surface area (Å²) in [5.74, 6) is -4.20. The van der Waals surface area contributed by atoms with Crippen molar-refractivity contribution in [2.75, 3.05) is 0 Å². The van der Waals surface area contributed by atoms with Crippen molar-refractivity contribution in [1.29, 1.82) is 0 Å². The van der Waals surface area contributed by atoms with Gasteiger partial charge in [0.05, 0.1) is 0 Å². The van der Waals surface area contributed by atoms with Gasteiger partial charge >= 0.3 is 5.97 Å². The number of carboxylic acids is 1. The topological polar surface area (TPSA) is 170 Å². The number of amides is 2. The van der Waals surface area contributed by atoms with E-state index in [1.54, 1.807) is 36.4 Å². The molecule has 2 amide bonds. The molecule has 0 atom stereocenters. The Bertz CT molecular complexity index is 1500. The molecule has 2 heterocycles. The van der Waals surface area contributed by atoms with Crippen molar-refractivity contribution in [2.45, 2.75) is 6.17 Å². The van der Waals surface area contributed by atoms with E-state index in [-0.39, 0.29) is 10.8 Å². The number of carboxylic acid groups (broad SMARTS) is 1. The highest BCUT2D eigenvalue weighted by Gasteiger charge is 2.29. The summed E-state index contributed by atoms with van der Waals surface area (Å²) in [6.45, 7) is 0. The van der Waals surface area contributed by atoms with Gasteiger partial charge in [-0.3, -0.25) is 19.2 Å². The summed E-state index contributed by atoms with van der Waals surface area (Å²) in [4.78, 5) is 62.4. The summed E-state index contributed by atoms with van der Waals surface area (Å²) in [7, 11) is 0. The summed E-state index contributed by atoms with van der Waals surface area (Å²) in [6, 6.07) is 12.4. The van der Waals surface area contributed by atoms with E-state index in [1.165, 1.54) is 12.1 Å². The number of aromatic hydroxyl groups is 2. The van der Waals surface area contributed by atoms with E-state index in [2.05, 4.69) is 0 Å². The van der Waals surface area contributed by atoms with Gasteiger partial charge in [0, 0.05) is 20.2 Å². The Morgan fingerprint density at radius 3 is 1.47 bits per heavy atom. The molecule has 0 aliphatic heterocycles. The first kappa shape index (κ1) is 22.9. The predicted octanol–water partition coefficient (Wildman–Crippen LogP) is 1.82. The number of carbonyl (C=O) groups is 3. The van der Waals surface area contributed by atoms with E-state index in [4.69, 9.17) is 0 Å². The Hall–Kier alpha value is -4.29. The van der Waals surface area contributed by atoms with E-state index in [9.17, 15) is 39.3 Å². The van der Waals surface area contributed by atoms with Crippen molar-refractivity contribution >= 4 is 60.6 Å². The SMILES string of the molecule is O=C(NC(NC(=O)c1c(O)sc2ccccc2c1=O)C(=O)O)c1c(O)sc2ccccc2c1=O. The Kier molecular flexibility index (Phi) is 6.01. The summed E-state index contributed by atoms with van der Waals surface area (Å²) in [6.07, 6.45) is -2.08. The molecular formula is C22H14N2O8S2. The van der Waals surface area contributed by atoms with Crippen LogP contribution < -0.4 is 21.5 Å². The van der Waals surface area contributed by atoms with Gasteiger partial charge in [0.25, 0.3) is 11.8 Å². The maximum Gasteiger partial charge on any atom is 0.347 e. The minimum absolute atomic E-state index is 0.143. The lowest BCUT2D eigenvalue weighted by Gasteiger charge is -2.16. The summed E-state index contributed by atoms with van der Waals surface area (Å²) in [5, 5.41) is 32.8. The van der Waals surface area contributed by atoms with Crippen molar-refractivity contribution in [3.05, 3.63) is 80.1 Å². The molecule has 0 fully saturated rings. The number of hydrogen-bond acceptors (Lipinski definition) is 9. The molecule has 0 aliphatic rings. The smallest absolute Gasteiger partial charge is 0.347 e. The lowest BCUT2D eigenvalue weighted by atomic mass is 10.1. The van der Waals surface area contributed by atoms with Crippen molar-refractivity contribution in [1.82, 2.24) is 10.6 Å². The molecule has 2 aromatic heterocycles. The molecule has 4 rings (SSSR count). The van der Waals surface area contributed by atoms with E-state index in [0.717, 1.165) is 22.7 Å². The molecule has 0 spiro atoms. The van der Waals surface area contributed by atoms with Gasteiger partial charge in [-0.1, -0.05) is 46.9 Å². The fourth-order valence-electron chi connectivity index (χ4n) is 3.23. The first-order valence-electron chi connectivity index (χ1n) is 9.53. The minimum Gasteiger partial charge on any atom is -0.499 e. The first-order chi connectivity index (χ1) is 16.2. The Morgan fingerprint density at radius 2 is 1.09 bits per heavy atom. The Labute approximate surface area is 197 Å². The standard InChI is InChI=1S/C22H14N2O8S2/c25-15-9-5-1-3-7-11(9)33-21(31)13(15)18(27)23-17(20(29)30)24-19(28)14-16(26)10-6-2-4-8-12(10)34-22(14)32/h1-8,17,31-32H,(H,23,27)(H,24,28)(H,29,30). The molecule has 0 bridgehead atoms. The van der Waals surface area contributed by atoms with Gasteiger partial charge in [-0.05, 0) is 24.3 Å². The van der Waals surface area contributed by atoms with E-state index in [1.807, 2.05) is 10.6 Å². The van der Waals surface area contributed by atoms with Crippen LogP contribution in [0.1, 0.15) is 20.7 Å². The van der Waals surface area contributed by atoms with Gasteiger partial charge in [0.2, 0.25) is 17.0 Å². The van der Waals surface area contributed by atoms with Crippen LogP contribution in [0.15, 0.2) is 58.1 Å². The van der Waals surface area contributed by atoms with Crippen LogP contribution in [-0.2, 0) is 4.79 Å². The fourth-order valence-corrected chi connectivity index (χ4v) is 5.05. The summed E-state index contributed by atoms with van der Waals surface area (Å²) >= 11 is 1.50. The molecule has 34 heavy (non-hydrogen) atoms. The monoisotopic (exact) mass is 498 g/mol. The number of fused-ring (bicyclic) bond motifs is 2. The lowest BCUT2D eigenvalue weighted by molar-refractivity contribution is -0.139. The normalized spacial score (nSPS) is 11.0. The van der Waals surface area contributed by atoms with Crippen LogP contribution in [0.2, 0.25) is 0 Å². The zero-order chi connectivity index (χ0) is 24.6. The molecule has 0 aliphatic carbocycles. The van der Waals surface area contributed by atoms with Crippen molar-refractivity contribution < 1.29 is 29.7 Å². The second-order valence-electron chi connectivity index (χ2n) is 6.93. The number of nitrogens with one attached hydrogen (secondary N) is 2. The van der Waals surface area contributed by atoms with E-state index in [0.29, 0.717) is 9.40 Å². The number of benzene rings is 2. The molecule has 0 radical (unpaired) electrons. The second-order valence-corrected chi connectivity index (χ2v) is 8.99. The highest BCUT2D eigenvalue weighted by atomic mass is 32.1.